The zero-order chi connectivity index (χ0) is 15.0. The molecule has 0 heterocycles. The van der Waals surface area contributed by atoms with Crippen LogP contribution in [0.3, 0.4) is 0 Å². The number of benzene rings is 1. The van der Waals surface area contributed by atoms with E-state index in [9.17, 15) is 4.79 Å². The molecule has 1 aromatic rings. The Morgan fingerprint density at radius 2 is 1.80 bits per heavy atom. The molecule has 0 N–H and O–H groups in total. The highest BCUT2D eigenvalue weighted by atomic mass is 16.1. The zero-order valence-electron chi connectivity index (χ0n) is 13.5. The number of nitrogens with zero attached hydrogens (tertiary/aromatic N) is 1. The average Bonchev–Trinajstić information content (AvgIpc) is 2.48. The first-order valence-corrected chi connectivity index (χ1v) is 7.93. The Bertz CT molecular complexity index is 410. The quantitative estimate of drug-likeness (QED) is 0.625. The molecule has 2 heteroatoms. The van der Waals surface area contributed by atoms with Crippen molar-refractivity contribution in [3.05, 3.63) is 35.4 Å². The van der Waals surface area contributed by atoms with Crippen LogP contribution < -0.4 is 0 Å². The van der Waals surface area contributed by atoms with Gasteiger partial charge in [-0.1, -0.05) is 57.9 Å². The summed E-state index contributed by atoms with van der Waals surface area (Å²) in [4.78, 5) is 14.7. The monoisotopic (exact) mass is 275 g/mol. The topological polar surface area (TPSA) is 20.3 Å². The fraction of sp³-hybridized carbons (Fsp3) is 0.611. The lowest BCUT2D eigenvalue weighted by Gasteiger charge is -2.25. The second kappa shape index (κ2) is 8.91. The van der Waals surface area contributed by atoms with Gasteiger partial charge >= 0.3 is 0 Å². The molecule has 0 amide bonds. The van der Waals surface area contributed by atoms with E-state index in [0.29, 0.717) is 6.42 Å². The summed E-state index contributed by atoms with van der Waals surface area (Å²) in [5.74, 6) is 1.02. The summed E-state index contributed by atoms with van der Waals surface area (Å²) in [6.45, 7) is 11.7. The van der Waals surface area contributed by atoms with E-state index >= 15 is 0 Å². The van der Waals surface area contributed by atoms with E-state index in [0.717, 1.165) is 36.7 Å². The van der Waals surface area contributed by atoms with Gasteiger partial charge in [0.25, 0.3) is 0 Å². The number of ketones is 1. The summed E-state index contributed by atoms with van der Waals surface area (Å²) in [5, 5.41) is 0. The van der Waals surface area contributed by atoms with Crippen LogP contribution in [0.15, 0.2) is 24.3 Å². The molecule has 1 aromatic carbocycles. The minimum atomic E-state index is 0.270. The third kappa shape index (κ3) is 5.09. The molecule has 0 radical (unpaired) electrons. The van der Waals surface area contributed by atoms with Crippen molar-refractivity contribution in [2.45, 2.75) is 47.0 Å². The van der Waals surface area contributed by atoms with Crippen molar-refractivity contribution in [3.63, 3.8) is 0 Å². The molecule has 0 bridgehead atoms. The Kier molecular flexibility index (Phi) is 7.53. The van der Waals surface area contributed by atoms with Gasteiger partial charge in [-0.05, 0) is 24.9 Å². The lowest BCUT2D eigenvalue weighted by molar-refractivity contribution is 0.0960. The number of hydrogen-bond acceptors (Lipinski definition) is 2. The summed E-state index contributed by atoms with van der Waals surface area (Å²) < 4.78 is 0. The Hall–Kier alpha value is -1.15. The zero-order valence-corrected chi connectivity index (χ0v) is 13.5. The fourth-order valence-corrected chi connectivity index (χ4v) is 2.57. The predicted octanol–water partition coefficient (Wildman–Crippen LogP) is 4.33. The van der Waals surface area contributed by atoms with E-state index in [-0.39, 0.29) is 5.78 Å². The normalized spacial score (nSPS) is 11.3. The van der Waals surface area contributed by atoms with Gasteiger partial charge in [0, 0.05) is 25.1 Å². The molecule has 0 aromatic heterocycles. The standard InChI is InChI=1S/C18H29NO/c1-5-16(6-2)14-19(7-3)13-12-18(20)17-11-9-8-10-15(17)4/h8-11,16H,5-7,12-14H2,1-4H3. The SMILES string of the molecule is CCC(CC)CN(CC)CCC(=O)c1ccccc1C. The molecule has 20 heavy (non-hydrogen) atoms. The maximum atomic E-state index is 12.3. The fourth-order valence-electron chi connectivity index (χ4n) is 2.57. The predicted molar refractivity (Wildman–Crippen MR) is 86.3 cm³/mol. The van der Waals surface area contributed by atoms with Gasteiger partial charge in [0.1, 0.15) is 0 Å². The molecule has 2 nitrogen and oxygen atoms in total. The first-order valence-electron chi connectivity index (χ1n) is 7.93. The number of rotatable bonds is 9. The van der Waals surface area contributed by atoms with Crippen LogP contribution in [0.1, 0.15) is 56.0 Å². The second-order valence-electron chi connectivity index (χ2n) is 5.56. The third-order valence-corrected chi connectivity index (χ3v) is 4.22. The molecule has 0 unspecified atom stereocenters. The average molecular weight is 275 g/mol. The summed E-state index contributed by atoms with van der Waals surface area (Å²) >= 11 is 0. The highest BCUT2D eigenvalue weighted by Gasteiger charge is 2.13. The molecule has 0 saturated heterocycles. The Morgan fingerprint density at radius 3 is 2.35 bits per heavy atom. The van der Waals surface area contributed by atoms with Crippen LogP contribution in [-0.2, 0) is 0 Å². The number of carbonyl (C=O) groups is 1. The molecule has 0 atom stereocenters. The van der Waals surface area contributed by atoms with Crippen molar-refractivity contribution < 1.29 is 4.79 Å². The number of carbonyl (C=O) groups excluding carboxylic acids is 1. The third-order valence-electron chi connectivity index (χ3n) is 4.22. The first kappa shape index (κ1) is 16.9. The van der Waals surface area contributed by atoms with Gasteiger partial charge in [-0.3, -0.25) is 4.79 Å². The number of aryl methyl sites for hydroxylation is 1. The molecule has 0 spiro atoms. The molecule has 0 aliphatic rings. The molecule has 0 aliphatic carbocycles. The van der Waals surface area contributed by atoms with Crippen LogP contribution in [0.2, 0.25) is 0 Å². The van der Waals surface area contributed by atoms with Gasteiger partial charge in [-0.15, -0.1) is 0 Å². The van der Waals surface area contributed by atoms with Gasteiger partial charge in [-0.25, -0.2) is 0 Å². The Balaban J connectivity index is 2.52. The summed E-state index contributed by atoms with van der Waals surface area (Å²) in [6.07, 6.45) is 3.07. The van der Waals surface area contributed by atoms with Crippen molar-refractivity contribution in [1.29, 1.82) is 0 Å². The minimum absolute atomic E-state index is 0.270. The molecule has 1 rings (SSSR count). The van der Waals surface area contributed by atoms with E-state index in [4.69, 9.17) is 0 Å². The van der Waals surface area contributed by atoms with Crippen molar-refractivity contribution in [2.24, 2.45) is 5.92 Å². The highest BCUT2D eigenvalue weighted by molar-refractivity contribution is 5.97. The molecular weight excluding hydrogens is 246 g/mol. The van der Waals surface area contributed by atoms with Crippen molar-refractivity contribution in [2.75, 3.05) is 19.6 Å². The molecule has 0 aliphatic heterocycles. The van der Waals surface area contributed by atoms with Crippen molar-refractivity contribution in [3.8, 4) is 0 Å². The van der Waals surface area contributed by atoms with Crippen LogP contribution in [0, 0.1) is 12.8 Å². The molecule has 0 saturated carbocycles. The van der Waals surface area contributed by atoms with Crippen LogP contribution in [0.25, 0.3) is 0 Å². The smallest absolute Gasteiger partial charge is 0.164 e. The molecular formula is C18H29NO. The maximum absolute atomic E-state index is 12.3. The van der Waals surface area contributed by atoms with Crippen LogP contribution in [0.4, 0.5) is 0 Å². The van der Waals surface area contributed by atoms with Gasteiger partial charge in [0.15, 0.2) is 5.78 Å². The summed E-state index contributed by atoms with van der Waals surface area (Å²) in [5.41, 5.74) is 1.96. The maximum Gasteiger partial charge on any atom is 0.164 e. The minimum Gasteiger partial charge on any atom is -0.303 e. The van der Waals surface area contributed by atoms with Gasteiger partial charge < -0.3 is 4.90 Å². The van der Waals surface area contributed by atoms with Crippen molar-refractivity contribution in [1.82, 2.24) is 4.90 Å². The van der Waals surface area contributed by atoms with Crippen molar-refractivity contribution >= 4 is 5.78 Å². The lowest BCUT2D eigenvalue weighted by Crippen LogP contribution is -2.31. The Labute approximate surface area is 124 Å². The molecule has 0 fully saturated rings. The van der Waals surface area contributed by atoms with E-state index < -0.39 is 0 Å². The van der Waals surface area contributed by atoms with Gasteiger partial charge in [-0.2, -0.15) is 0 Å². The first-order chi connectivity index (χ1) is 9.62. The Morgan fingerprint density at radius 1 is 1.15 bits per heavy atom. The summed E-state index contributed by atoms with van der Waals surface area (Å²) in [7, 11) is 0. The highest BCUT2D eigenvalue weighted by Crippen LogP contribution is 2.13. The van der Waals surface area contributed by atoms with Gasteiger partial charge in [0.2, 0.25) is 0 Å². The summed E-state index contributed by atoms with van der Waals surface area (Å²) in [6, 6.07) is 7.88. The van der Waals surface area contributed by atoms with Crippen LogP contribution in [-0.4, -0.2) is 30.3 Å². The number of Topliss-reactive ketones (excluding diaryl/α,β-unsaturated/α-hetero) is 1. The number of hydrogen-bond donors (Lipinski definition) is 0. The van der Waals surface area contributed by atoms with Crippen LogP contribution >= 0.6 is 0 Å². The van der Waals surface area contributed by atoms with E-state index in [1.165, 1.54) is 12.8 Å². The lowest BCUT2D eigenvalue weighted by atomic mass is 10.0. The second-order valence-corrected chi connectivity index (χ2v) is 5.56. The van der Waals surface area contributed by atoms with Gasteiger partial charge in [0.05, 0.1) is 0 Å². The largest absolute Gasteiger partial charge is 0.303 e. The van der Waals surface area contributed by atoms with Crippen LogP contribution in [0.5, 0.6) is 0 Å². The van der Waals surface area contributed by atoms with E-state index in [1.807, 2.05) is 31.2 Å². The molecule has 112 valence electrons. The van der Waals surface area contributed by atoms with E-state index in [2.05, 4.69) is 25.7 Å². The van der Waals surface area contributed by atoms with E-state index in [1.54, 1.807) is 0 Å².